The maximum absolute atomic E-state index is 11.6. The van der Waals surface area contributed by atoms with Crippen molar-refractivity contribution in [3.05, 3.63) is 17.6 Å². The van der Waals surface area contributed by atoms with Crippen molar-refractivity contribution < 1.29 is 9.53 Å². The molecule has 1 atom stereocenters. The summed E-state index contributed by atoms with van der Waals surface area (Å²) in [7, 11) is 0. The molecule has 1 aromatic rings. The molecule has 0 spiro atoms. The van der Waals surface area contributed by atoms with E-state index >= 15 is 0 Å². The topological polar surface area (TPSA) is 70.6 Å². The number of carbonyl (C=O) groups excluding carboxylic acids is 1. The summed E-state index contributed by atoms with van der Waals surface area (Å²) >= 11 is 0. The van der Waals surface area contributed by atoms with Gasteiger partial charge in [-0.15, -0.1) is 0 Å². The fourth-order valence-electron chi connectivity index (χ4n) is 3.05. The monoisotopic (exact) mass is 319 g/mol. The molecule has 0 radical (unpaired) electrons. The predicted molar refractivity (Wildman–Crippen MR) is 87.4 cm³/mol. The van der Waals surface area contributed by atoms with Gasteiger partial charge in [0.1, 0.15) is 17.7 Å². The van der Waals surface area contributed by atoms with Crippen molar-refractivity contribution in [2.75, 3.05) is 44.2 Å². The number of aryl methyl sites for hydroxylation is 1. The normalized spacial score (nSPS) is 23.2. The van der Waals surface area contributed by atoms with E-state index in [-0.39, 0.29) is 12.0 Å². The second-order valence-corrected chi connectivity index (χ2v) is 6.42. The largest absolute Gasteiger partial charge is 0.369 e. The van der Waals surface area contributed by atoms with Gasteiger partial charge in [-0.1, -0.05) is 0 Å². The highest BCUT2D eigenvalue weighted by Crippen LogP contribution is 2.25. The van der Waals surface area contributed by atoms with Crippen molar-refractivity contribution in [3.63, 3.8) is 0 Å². The third-order valence-electron chi connectivity index (χ3n) is 4.36. The zero-order valence-electron chi connectivity index (χ0n) is 14.1. The second kappa shape index (κ2) is 6.80. The molecule has 3 rings (SSSR count). The molecule has 2 aliphatic heterocycles. The summed E-state index contributed by atoms with van der Waals surface area (Å²) in [5.41, 5.74) is 0.906. The van der Waals surface area contributed by atoms with Crippen LogP contribution in [-0.4, -0.2) is 66.1 Å². The van der Waals surface area contributed by atoms with Crippen LogP contribution in [0.1, 0.15) is 31.5 Å². The maximum atomic E-state index is 11.6. The van der Waals surface area contributed by atoms with Gasteiger partial charge in [0, 0.05) is 38.3 Å². The van der Waals surface area contributed by atoms with Gasteiger partial charge in [0.2, 0.25) is 5.91 Å². The van der Waals surface area contributed by atoms with Crippen LogP contribution >= 0.6 is 0 Å². The Morgan fingerprint density at radius 3 is 2.91 bits per heavy atom. The van der Waals surface area contributed by atoms with Gasteiger partial charge in [0.15, 0.2) is 0 Å². The van der Waals surface area contributed by atoms with E-state index in [0.717, 1.165) is 31.1 Å². The molecule has 1 N–H and O–H groups in total. The lowest BCUT2D eigenvalue weighted by atomic mass is 10.1. The molecule has 23 heavy (non-hydrogen) atoms. The lowest BCUT2D eigenvalue weighted by Gasteiger charge is -2.35. The highest BCUT2D eigenvalue weighted by Gasteiger charge is 2.26. The molecule has 0 saturated carbocycles. The zero-order chi connectivity index (χ0) is 16.4. The molecule has 2 aliphatic rings. The molecular formula is C16H25N5O2. The first-order valence-electron chi connectivity index (χ1n) is 8.26. The Morgan fingerprint density at radius 2 is 2.17 bits per heavy atom. The van der Waals surface area contributed by atoms with Crippen molar-refractivity contribution in [2.24, 2.45) is 0 Å². The van der Waals surface area contributed by atoms with Crippen LogP contribution < -0.4 is 10.2 Å². The predicted octanol–water partition coefficient (Wildman–Crippen LogP) is 0.503. The van der Waals surface area contributed by atoms with Gasteiger partial charge in [0.25, 0.3) is 0 Å². The Labute approximate surface area is 137 Å². The van der Waals surface area contributed by atoms with Crippen molar-refractivity contribution in [3.8, 4) is 0 Å². The first kappa shape index (κ1) is 16.1. The van der Waals surface area contributed by atoms with Crippen LogP contribution in [0.15, 0.2) is 6.07 Å². The van der Waals surface area contributed by atoms with Crippen LogP contribution in [0.25, 0.3) is 0 Å². The van der Waals surface area contributed by atoms with Gasteiger partial charge in [-0.05, 0) is 20.8 Å². The third kappa shape index (κ3) is 3.79. The summed E-state index contributed by atoms with van der Waals surface area (Å²) in [4.78, 5) is 25.1. The maximum Gasteiger partial charge on any atom is 0.239 e. The van der Waals surface area contributed by atoms with Gasteiger partial charge in [-0.2, -0.15) is 0 Å². The molecule has 1 amide bonds. The fraction of sp³-hybridized carbons (Fsp3) is 0.688. The average molecular weight is 319 g/mol. The number of aromatic nitrogens is 2. The smallest absolute Gasteiger partial charge is 0.239 e. The van der Waals surface area contributed by atoms with Crippen LogP contribution in [0.3, 0.4) is 0 Å². The number of piperazine rings is 1. The first-order valence-corrected chi connectivity index (χ1v) is 8.26. The van der Waals surface area contributed by atoms with Gasteiger partial charge < -0.3 is 15.0 Å². The van der Waals surface area contributed by atoms with Crippen LogP contribution in [0.4, 0.5) is 5.82 Å². The summed E-state index contributed by atoms with van der Waals surface area (Å²) in [6.07, 6.45) is -0.0368. The molecule has 2 fully saturated rings. The minimum Gasteiger partial charge on any atom is -0.369 e. The Morgan fingerprint density at radius 1 is 1.35 bits per heavy atom. The zero-order valence-corrected chi connectivity index (χ0v) is 14.1. The van der Waals surface area contributed by atoms with Crippen LogP contribution in [0.2, 0.25) is 0 Å². The minimum atomic E-state index is -0.0368. The summed E-state index contributed by atoms with van der Waals surface area (Å²) in [6, 6.07) is 2.47. The number of hydrogen-bond donors (Lipinski definition) is 1. The number of rotatable bonds is 3. The number of nitrogens with one attached hydrogen (secondary N) is 1. The third-order valence-corrected chi connectivity index (χ3v) is 4.36. The molecule has 7 heteroatoms. The van der Waals surface area contributed by atoms with E-state index in [0.29, 0.717) is 31.6 Å². The number of anilines is 1. The van der Waals surface area contributed by atoms with E-state index < -0.39 is 0 Å². The van der Waals surface area contributed by atoms with E-state index in [4.69, 9.17) is 4.74 Å². The first-order chi connectivity index (χ1) is 11.0. The number of morpholine rings is 1. The second-order valence-electron chi connectivity index (χ2n) is 6.42. The van der Waals surface area contributed by atoms with Gasteiger partial charge in [-0.25, -0.2) is 9.97 Å². The number of hydrogen-bond acceptors (Lipinski definition) is 6. The number of amides is 1. The van der Waals surface area contributed by atoms with E-state index in [9.17, 15) is 4.79 Å². The summed E-state index contributed by atoms with van der Waals surface area (Å²) in [6.45, 7) is 10.6. The van der Waals surface area contributed by atoms with E-state index in [1.165, 1.54) is 0 Å². The van der Waals surface area contributed by atoms with Gasteiger partial charge >= 0.3 is 0 Å². The van der Waals surface area contributed by atoms with Gasteiger partial charge in [-0.3, -0.25) is 9.69 Å². The highest BCUT2D eigenvalue weighted by molar-refractivity contribution is 5.82. The highest BCUT2D eigenvalue weighted by atomic mass is 16.5. The molecule has 0 aromatic carbocycles. The Kier molecular flexibility index (Phi) is 4.77. The molecule has 1 aromatic heterocycles. The number of nitrogens with zero attached hydrogens (tertiary/aromatic N) is 4. The van der Waals surface area contributed by atoms with Crippen LogP contribution in [0.5, 0.6) is 0 Å². The molecule has 0 aliphatic carbocycles. The van der Waals surface area contributed by atoms with Crippen molar-refractivity contribution >= 4 is 11.7 Å². The molecule has 126 valence electrons. The molecule has 3 heterocycles. The minimum absolute atomic E-state index is 0.0361. The standard InChI is InChI=1S/C16H25N5O2/c1-11(2)20-6-7-23-14(9-20)13-8-15(19-12(3)18-13)21-5-4-17-16(22)10-21/h8,11,14H,4-7,9-10H2,1-3H3,(H,17,22)/t14-/m0/s1. The lowest BCUT2D eigenvalue weighted by Crippen LogP contribution is -2.48. The van der Waals surface area contributed by atoms with E-state index in [2.05, 4.69) is 34.0 Å². The molecule has 2 saturated heterocycles. The van der Waals surface area contributed by atoms with Crippen molar-refractivity contribution in [1.82, 2.24) is 20.2 Å². The fourth-order valence-corrected chi connectivity index (χ4v) is 3.05. The molecule has 0 unspecified atom stereocenters. The van der Waals surface area contributed by atoms with E-state index in [1.54, 1.807) is 0 Å². The quantitative estimate of drug-likeness (QED) is 0.875. The van der Waals surface area contributed by atoms with Crippen LogP contribution in [-0.2, 0) is 9.53 Å². The number of ether oxygens (including phenoxy) is 1. The van der Waals surface area contributed by atoms with Crippen molar-refractivity contribution in [1.29, 1.82) is 0 Å². The summed E-state index contributed by atoms with van der Waals surface area (Å²) in [5.74, 6) is 1.57. The SMILES string of the molecule is Cc1nc([C@@H]2CN(C(C)C)CCO2)cc(N2CCNC(=O)C2)n1. The molecule has 0 bridgehead atoms. The average Bonchev–Trinajstić information content (AvgIpc) is 2.54. The van der Waals surface area contributed by atoms with Crippen molar-refractivity contribution in [2.45, 2.75) is 32.9 Å². The molecule has 7 nitrogen and oxygen atoms in total. The number of carbonyl (C=O) groups is 1. The van der Waals surface area contributed by atoms with Gasteiger partial charge in [0.05, 0.1) is 18.8 Å². The lowest BCUT2D eigenvalue weighted by molar-refractivity contribution is -0.120. The molecular weight excluding hydrogens is 294 g/mol. The summed E-state index contributed by atoms with van der Waals surface area (Å²) < 4.78 is 5.93. The van der Waals surface area contributed by atoms with E-state index in [1.807, 2.05) is 17.9 Å². The van der Waals surface area contributed by atoms with Crippen LogP contribution in [0, 0.1) is 6.92 Å². The Balaban J connectivity index is 1.81. The summed E-state index contributed by atoms with van der Waals surface area (Å²) in [5, 5.41) is 2.84. The Bertz CT molecular complexity index is 578. The Hall–Kier alpha value is -1.73.